The number of H-pyrrole nitrogens is 1. The van der Waals surface area contributed by atoms with Gasteiger partial charge >= 0.3 is 0 Å². The minimum Gasteiger partial charge on any atom is -0.370 e. The number of rotatable bonds is 5. The lowest BCUT2D eigenvalue weighted by Gasteiger charge is -2.07. The zero-order valence-electron chi connectivity index (χ0n) is 12.7. The lowest BCUT2D eigenvalue weighted by atomic mass is 10.1. The van der Waals surface area contributed by atoms with Crippen molar-refractivity contribution in [3.63, 3.8) is 0 Å². The molecule has 0 aliphatic heterocycles. The fourth-order valence-corrected chi connectivity index (χ4v) is 2.20. The predicted octanol–water partition coefficient (Wildman–Crippen LogP) is 3.16. The van der Waals surface area contributed by atoms with E-state index in [4.69, 9.17) is 0 Å². The number of aromatic amines is 1. The molecule has 6 nitrogen and oxygen atoms in total. The largest absolute Gasteiger partial charge is 0.370 e. The van der Waals surface area contributed by atoms with Gasteiger partial charge < -0.3 is 10.6 Å². The highest BCUT2D eigenvalue weighted by Gasteiger charge is 2.08. The third-order valence-corrected chi connectivity index (χ3v) is 3.32. The van der Waals surface area contributed by atoms with Gasteiger partial charge in [-0.15, -0.1) is 0 Å². The van der Waals surface area contributed by atoms with Crippen LogP contribution in [0.3, 0.4) is 0 Å². The molecule has 2 aromatic heterocycles. The van der Waals surface area contributed by atoms with Gasteiger partial charge in [0.2, 0.25) is 0 Å². The Morgan fingerprint density at radius 1 is 1.22 bits per heavy atom. The van der Waals surface area contributed by atoms with Crippen LogP contribution < -0.4 is 10.6 Å². The fourth-order valence-electron chi connectivity index (χ4n) is 2.20. The molecule has 0 atom stereocenters. The average Bonchev–Trinajstić information content (AvgIpc) is 3.11. The lowest BCUT2D eigenvalue weighted by Crippen LogP contribution is -2.12. The lowest BCUT2D eigenvalue weighted by molar-refractivity contribution is 0.102. The summed E-state index contributed by atoms with van der Waals surface area (Å²) in [5, 5.41) is 12.8. The van der Waals surface area contributed by atoms with Gasteiger partial charge in [0.05, 0.1) is 11.3 Å². The minimum absolute atomic E-state index is 0.192. The van der Waals surface area contributed by atoms with Gasteiger partial charge in [0.15, 0.2) is 0 Å². The van der Waals surface area contributed by atoms with E-state index in [0.29, 0.717) is 5.56 Å². The summed E-state index contributed by atoms with van der Waals surface area (Å²) in [4.78, 5) is 16.5. The van der Waals surface area contributed by atoms with Crippen molar-refractivity contribution in [3.8, 4) is 11.3 Å². The zero-order valence-corrected chi connectivity index (χ0v) is 12.7. The monoisotopic (exact) mass is 307 g/mol. The molecule has 3 aromatic rings. The number of pyridine rings is 1. The molecule has 3 N–H and O–H groups in total. The Morgan fingerprint density at radius 3 is 2.83 bits per heavy atom. The molecule has 0 saturated heterocycles. The van der Waals surface area contributed by atoms with E-state index >= 15 is 0 Å². The molecule has 0 aliphatic carbocycles. The van der Waals surface area contributed by atoms with Crippen LogP contribution >= 0.6 is 0 Å². The Kier molecular flexibility index (Phi) is 4.33. The quantitative estimate of drug-likeness (QED) is 0.676. The molecule has 0 bridgehead atoms. The van der Waals surface area contributed by atoms with Gasteiger partial charge in [0.25, 0.3) is 5.91 Å². The molecule has 0 saturated carbocycles. The SMILES string of the molecule is CCNc1ccc(C(=O)Nc2cccc(-c3ccn[nH]3)c2)cn1. The topological polar surface area (TPSA) is 82.7 Å². The number of amides is 1. The number of nitrogens with one attached hydrogen (secondary N) is 3. The molecule has 0 fully saturated rings. The van der Waals surface area contributed by atoms with Crippen LogP contribution in [0.15, 0.2) is 54.9 Å². The molecule has 0 spiro atoms. The molecule has 6 heteroatoms. The van der Waals surface area contributed by atoms with E-state index in [-0.39, 0.29) is 5.91 Å². The number of benzene rings is 1. The molecule has 23 heavy (non-hydrogen) atoms. The number of anilines is 2. The molecule has 1 aromatic carbocycles. The van der Waals surface area contributed by atoms with E-state index in [1.807, 2.05) is 37.3 Å². The second kappa shape index (κ2) is 6.74. The number of hydrogen-bond acceptors (Lipinski definition) is 4. The highest BCUT2D eigenvalue weighted by molar-refractivity contribution is 6.04. The number of nitrogens with zero attached hydrogens (tertiary/aromatic N) is 2. The first-order valence-corrected chi connectivity index (χ1v) is 7.37. The standard InChI is InChI=1S/C17H17N5O/c1-2-18-16-7-6-13(11-19-16)17(23)21-14-5-3-4-12(10-14)15-8-9-20-22-15/h3-11H,2H2,1H3,(H,18,19)(H,20,22)(H,21,23). The molecule has 2 heterocycles. The molecule has 0 aliphatic rings. The normalized spacial score (nSPS) is 10.3. The Morgan fingerprint density at radius 2 is 2.13 bits per heavy atom. The van der Waals surface area contributed by atoms with E-state index in [0.717, 1.165) is 29.3 Å². The summed E-state index contributed by atoms with van der Waals surface area (Å²) in [5.74, 6) is 0.563. The summed E-state index contributed by atoms with van der Waals surface area (Å²) in [6, 6.07) is 13.0. The van der Waals surface area contributed by atoms with Crippen molar-refractivity contribution in [3.05, 3.63) is 60.4 Å². The van der Waals surface area contributed by atoms with Crippen molar-refractivity contribution in [2.45, 2.75) is 6.92 Å². The molecular weight excluding hydrogens is 290 g/mol. The van der Waals surface area contributed by atoms with Crippen molar-refractivity contribution >= 4 is 17.4 Å². The average molecular weight is 307 g/mol. The van der Waals surface area contributed by atoms with Crippen LogP contribution in [0.1, 0.15) is 17.3 Å². The first-order chi connectivity index (χ1) is 11.3. The van der Waals surface area contributed by atoms with Crippen LogP contribution in [0.5, 0.6) is 0 Å². The molecule has 116 valence electrons. The van der Waals surface area contributed by atoms with E-state index in [1.54, 1.807) is 24.5 Å². The number of aromatic nitrogens is 3. The van der Waals surface area contributed by atoms with Crippen LogP contribution in [-0.2, 0) is 0 Å². The third-order valence-electron chi connectivity index (χ3n) is 3.32. The molecule has 3 rings (SSSR count). The third kappa shape index (κ3) is 3.55. The Bertz CT molecular complexity index is 781. The van der Waals surface area contributed by atoms with E-state index in [2.05, 4.69) is 25.8 Å². The van der Waals surface area contributed by atoms with Crippen molar-refractivity contribution in [1.29, 1.82) is 0 Å². The Labute approximate surface area is 134 Å². The number of carbonyl (C=O) groups is 1. The molecule has 1 amide bonds. The maximum absolute atomic E-state index is 12.3. The van der Waals surface area contributed by atoms with Crippen LogP contribution in [0, 0.1) is 0 Å². The van der Waals surface area contributed by atoms with Gasteiger partial charge in [-0.2, -0.15) is 5.10 Å². The van der Waals surface area contributed by atoms with Gasteiger partial charge in [0, 0.05) is 30.2 Å². The van der Waals surface area contributed by atoms with Gasteiger partial charge in [-0.1, -0.05) is 12.1 Å². The van der Waals surface area contributed by atoms with Crippen molar-refractivity contribution in [2.75, 3.05) is 17.2 Å². The van der Waals surface area contributed by atoms with Crippen molar-refractivity contribution < 1.29 is 4.79 Å². The highest BCUT2D eigenvalue weighted by Crippen LogP contribution is 2.20. The minimum atomic E-state index is -0.192. The fraction of sp³-hybridized carbons (Fsp3) is 0.118. The summed E-state index contributed by atoms with van der Waals surface area (Å²) in [6.07, 6.45) is 3.25. The van der Waals surface area contributed by atoms with Crippen molar-refractivity contribution in [2.24, 2.45) is 0 Å². The predicted molar refractivity (Wildman–Crippen MR) is 90.4 cm³/mol. The number of hydrogen-bond donors (Lipinski definition) is 3. The number of carbonyl (C=O) groups excluding carboxylic acids is 1. The second-order valence-electron chi connectivity index (χ2n) is 4.97. The molecule has 0 radical (unpaired) electrons. The van der Waals surface area contributed by atoms with Crippen molar-refractivity contribution in [1.82, 2.24) is 15.2 Å². The van der Waals surface area contributed by atoms with Gasteiger partial charge in [-0.05, 0) is 37.3 Å². The zero-order chi connectivity index (χ0) is 16.1. The first-order valence-electron chi connectivity index (χ1n) is 7.37. The summed E-state index contributed by atoms with van der Waals surface area (Å²) >= 11 is 0. The van der Waals surface area contributed by atoms with Crippen LogP contribution in [-0.4, -0.2) is 27.6 Å². The van der Waals surface area contributed by atoms with Crippen LogP contribution in [0.4, 0.5) is 11.5 Å². The maximum atomic E-state index is 12.3. The van der Waals surface area contributed by atoms with E-state index < -0.39 is 0 Å². The van der Waals surface area contributed by atoms with Gasteiger partial charge in [-0.3, -0.25) is 9.89 Å². The van der Waals surface area contributed by atoms with Gasteiger partial charge in [0.1, 0.15) is 5.82 Å². The summed E-state index contributed by atoms with van der Waals surface area (Å²) in [6.45, 7) is 2.79. The smallest absolute Gasteiger partial charge is 0.257 e. The highest BCUT2D eigenvalue weighted by atomic mass is 16.1. The van der Waals surface area contributed by atoms with Crippen LogP contribution in [0.25, 0.3) is 11.3 Å². The Balaban J connectivity index is 1.73. The molecule has 0 unspecified atom stereocenters. The first kappa shape index (κ1) is 14.8. The van der Waals surface area contributed by atoms with E-state index in [9.17, 15) is 4.79 Å². The summed E-state index contributed by atoms with van der Waals surface area (Å²) < 4.78 is 0. The Hall–Kier alpha value is -3.15. The van der Waals surface area contributed by atoms with Gasteiger partial charge in [-0.25, -0.2) is 4.98 Å². The maximum Gasteiger partial charge on any atom is 0.257 e. The van der Waals surface area contributed by atoms with Crippen LogP contribution in [0.2, 0.25) is 0 Å². The summed E-state index contributed by atoms with van der Waals surface area (Å²) in [7, 11) is 0. The van der Waals surface area contributed by atoms with E-state index in [1.165, 1.54) is 0 Å². The second-order valence-corrected chi connectivity index (χ2v) is 4.97. The summed E-state index contributed by atoms with van der Waals surface area (Å²) in [5.41, 5.74) is 3.09. The molecular formula is C17H17N5O.